The van der Waals surface area contributed by atoms with Crippen molar-refractivity contribution in [3.8, 4) is 11.5 Å². The Labute approximate surface area is 178 Å². The molecule has 2 heterocycles. The second-order valence-electron chi connectivity index (χ2n) is 8.56. The smallest absolute Gasteiger partial charge is 0.288 e. The quantitative estimate of drug-likeness (QED) is 0.695. The minimum Gasteiger partial charge on any atom is -0.409 e. The molecule has 1 N–H and O–H groups in total. The van der Waals surface area contributed by atoms with Crippen LogP contribution in [0.3, 0.4) is 0 Å². The van der Waals surface area contributed by atoms with Crippen molar-refractivity contribution in [3.63, 3.8) is 0 Å². The molecule has 0 atom stereocenters. The maximum Gasteiger partial charge on any atom is 0.288 e. The molecular weight excluding hydrogens is 408 g/mol. The fourth-order valence-electron chi connectivity index (χ4n) is 3.34. The van der Waals surface area contributed by atoms with Crippen LogP contribution >= 0.6 is 12.2 Å². The van der Waals surface area contributed by atoms with E-state index in [1.165, 1.54) is 5.56 Å². The molecule has 7 nitrogen and oxygen atoms in total. The van der Waals surface area contributed by atoms with Gasteiger partial charge in [-0.05, 0) is 55.1 Å². The first kappa shape index (κ1) is 22.1. The van der Waals surface area contributed by atoms with Gasteiger partial charge in [-0.2, -0.15) is 0 Å². The summed E-state index contributed by atoms with van der Waals surface area (Å²) in [4.78, 5) is 2.55. The molecule has 1 fully saturated rings. The minimum atomic E-state index is -3.16. The Morgan fingerprint density at radius 2 is 1.83 bits per heavy atom. The van der Waals surface area contributed by atoms with Crippen LogP contribution in [-0.4, -0.2) is 48.0 Å². The van der Waals surface area contributed by atoms with Crippen LogP contribution in [0, 0.1) is 4.84 Å². The lowest BCUT2D eigenvalue weighted by molar-refractivity contribution is 0.156. The lowest BCUT2D eigenvalue weighted by Crippen LogP contribution is -2.45. The molecule has 0 aliphatic carbocycles. The zero-order chi connectivity index (χ0) is 21.2. The molecule has 2 aromatic rings. The van der Waals surface area contributed by atoms with E-state index in [1.54, 1.807) is 11.6 Å². The highest BCUT2D eigenvalue weighted by Gasteiger charge is 2.23. The monoisotopic (exact) mass is 438 g/mol. The van der Waals surface area contributed by atoms with Crippen LogP contribution in [0.4, 0.5) is 0 Å². The number of rotatable bonds is 6. The van der Waals surface area contributed by atoms with Gasteiger partial charge in [-0.3, -0.25) is 4.90 Å². The van der Waals surface area contributed by atoms with Gasteiger partial charge in [0.05, 0.1) is 12.4 Å². The predicted molar refractivity (Wildman–Crippen MR) is 117 cm³/mol. The summed E-state index contributed by atoms with van der Waals surface area (Å²) in [7, 11) is -3.16. The van der Waals surface area contributed by atoms with Gasteiger partial charge in [-0.15, -0.1) is 5.10 Å². The van der Waals surface area contributed by atoms with Crippen LogP contribution in [0.25, 0.3) is 11.5 Å². The summed E-state index contributed by atoms with van der Waals surface area (Å²) < 4.78 is 33.6. The Bertz CT molecular complexity index is 980. The summed E-state index contributed by atoms with van der Waals surface area (Å²) >= 11 is 5.35. The summed E-state index contributed by atoms with van der Waals surface area (Å²) in [5.41, 5.74) is 2.24. The molecule has 0 saturated carbocycles. The van der Waals surface area contributed by atoms with Gasteiger partial charge < -0.3 is 4.42 Å². The standard InChI is InChI=1S/C20H30N4O3S2/c1-5-29(25,26)22-17-10-12-23(13-11-17)14-24-19(28)27-18(21-24)15-6-8-16(9-7-15)20(2,3)4/h6-9,17,22H,5,10-14H2,1-4H3. The van der Waals surface area contributed by atoms with E-state index in [1.807, 2.05) is 12.1 Å². The van der Waals surface area contributed by atoms with E-state index in [0.29, 0.717) is 17.4 Å². The molecule has 0 unspecified atom stereocenters. The molecule has 0 bridgehead atoms. The first-order valence-corrected chi connectivity index (χ1v) is 12.0. The number of sulfonamides is 1. The van der Waals surface area contributed by atoms with E-state index in [9.17, 15) is 8.42 Å². The number of hydrogen-bond donors (Lipinski definition) is 1. The van der Waals surface area contributed by atoms with Crippen LogP contribution in [0.15, 0.2) is 28.7 Å². The summed E-state index contributed by atoms with van der Waals surface area (Å²) in [6, 6.07) is 8.20. The Hall–Kier alpha value is -1.55. The largest absolute Gasteiger partial charge is 0.409 e. The number of nitrogens with zero attached hydrogens (tertiary/aromatic N) is 3. The van der Waals surface area contributed by atoms with Gasteiger partial charge in [0, 0.05) is 24.7 Å². The van der Waals surface area contributed by atoms with Crippen LogP contribution in [-0.2, 0) is 22.1 Å². The van der Waals surface area contributed by atoms with Crippen molar-refractivity contribution in [2.24, 2.45) is 0 Å². The number of nitrogens with one attached hydrogen (secondary N) is 1. The third kappa shape index (κ3) is 5.75. The zero-order valence-electron chi connectivity index (χ0n) is 17.5. The van der Waals surface area contributed by atoms with Crippen LogP contribution < -0.4 is 4.72 Å². The van der Waals surface area contributed by atoms with Gasteiger partial charge in [0.15, 0.2) is 0 Å². The first-order valence-electron chi connectivity index (χ1n) is 9.98. The van der Waals surface area contributed by atoms with Gasteiger partial charge in [-0.25, -0.2) is 17.8 Å². The predicted octanol–water partition coefficient (Wildman–Crippen LogP) is 3.53. The zero-order valence-corrected chi connectivity index (χ0v) is 19.1. The third-order valence-corrected chi connectivity index (χ3v) is 7.00. The molecule has 29 heavy (non-hydrogen) atoms. The normalized spacial score (nSPS) is 17.0. The van der Waals surface area contributed by atoms with E-state index < -0.39 is 10.0 Å². The molecule has 0 radical (unpaired) electrons. The molecular formula is C20H30N4O3S2. The molecule has 3 rings (SSSR count). The van der Waals surface area contributed by atoms with Gasteiger partial charge in [0.1, 0.15) is 0 Å². The van der Waals surface area contributed by atoms with Crippen molar-refractivity contribution in [2.45, 2.75) is 58.7 Å². The Kier molecular flexibility index (Phi) is 6.62. The topological polar surface area (TPSA) is 80.4 Å². The average molecular weight is 439 g/mol. The number of benzene rings is 1. The number of likely N-dealkylation sites (tertiary alicyclic amines) is 1. The Morgan fingerprint density at radius 3 is 2.38 bits per heavy atom. The van der Waals surface area contributed by atoms with E-state index in [-0.39, 0.29) is 17.2 Å². The van der Waals surface area contributed by atoms with E-state index >= 15 is 0 Å². The Balaban J connectivity index is 1.62. The van der Waals surface area contributed by atoms with E-state index in [4.69, 9.17) is 16.6 Å². The fourth-order valence-corrected chi connectivity index (χ4v) is 4.43. The highest BCUT2D eigenvalue weighted by Crippen LogP contribution is 2.25. The Morgan fingerprint density at radius 1 is 1.21 bits per heavy atom. The second kappa shape index (κ2) is 8.67. The second-order valence-corrected chi connectivity index (χ2v) is 10.9. The van der Waals surface area contributed by atoms with Gasteiger partial charge >= 0.3 is 0 Å². The van der Waals surface area contributed by atoms with Crippen LogP contribution in [0.5, 0.6) is 0 Å². The number of piperidine rings is 1. The molecule has 1 aromatic heterocycles. The molecule has 9 heteroatoms. The molecule has 0 spiro atoms. The lowest BCUT2D eigenvalue weighted by atomic mass is 9.87. The highest BCUT2D eigenvalue weighted by atomic mass is 32.2. The fraction of sp³-hybridized carbons (Fsp3) is 0.600. The average Bonchev–Trinajstić information content (AvgIpc) is 3.03. The highest BCUT2D eigenvalue weighted by molar-refractivity contribution is 7.89. The van der Waals surface area contributed by atoms with Gasteiger partial charge in [0.2, 0.25) is 15.9 Å². The first-order chi connectivity index (χ1) is 13.6. The molecule has 1 aromatic carbocycles. The van der Waals surface area contributed by atoms with Crippen molar-refractivity contribution in [1.29, 1.82) is 0 Å². The van der Waals surface area contributed by atoms with Crippen molar-refractivity contribution < 1.29 is 12.8 Å². The van der Waals surface area contributed by atoms with Crippen molar-refractivity contribution in [1.82, 2.24) is 19.4 Å². The summed E-state index contributed by atoms with van der Waals surface area (Å²) in [6.07, 6.45) is 1.54. The summed E-state index contributed by atoms with van der Waals surface area (Å²) in [6.45, 7) is 10.3. The SMILES string of the molecule is CCS(=O)(=O)NC1CCN(Cn2nc(-c3ccc(C(C)(C)C)cc3)oc2=S)CC1. The van der Waals surface area contributed by atoms with E-state index in [0.717, 1.165) is 31.5 Å². The molecule has 1 saturated heterocycles. The van der Waals surface area contributed by atoms with Crippen molar-refractivity contribution >= 4 is 22.2 Å². The maximum atomic E-state index is 11.7. The van der Waals surface area contributed by atoms with Crippen molar-refractivity contribution in [3.05, 3.63) is 34.7 Å². The number of hydrogen-bond acceptors (Lipinski definition) is 6. The van der Waals surface area contributed by atoms with Crippen LogP contribution in [0.1, 0.15) is 46.1 Å². The molecule has 1 aliphatic heterocycles. The summed E-state index contributed by atoms with van der Waals surface area (Å²) in [5, 5.41) is 4.55. The van der Waals surface area contributed by atoms with Crippen molar-refractivity contribution in [2.75, 3.05) is 18.8 Å². The number of aromatic nitrogens is 2. The van der Waals surface area contributed by atoms with Gasteiger partial charge in [-0.1, -0.05) is 32.9 Å². The molecule has 0 amide bonds. The van der Waals surface area contributed by atoms with Crippen LogP contribution in [0.2, 0.25) is 0 Å². The maximum absolute atomic E-state index is 11.7. The lowest BCUT2D eigenvalue weighted by Gasteiger charge is -2.31. The van der Waals surface area contributed by atoms with Gasteiger partial charge in [0.25, 0.3) is 4.84 Å². The molecule has 1 aliphatic rings. The minimum absolute atomic E-state index is 0.00151. The summed E-state index contributed by atoms with van der Waals surface area (Å²) in [5.74, 6) is 0.627. The molecule has 160 valence electrons. The third-order valence-electron chi connectivity index (χ3n) is 5.25. The van der Waals surface area contributed by atoms with E-state index in [2.05, 4.69) is 47.6 Å².